The number of rotatable bonds is 5. The number of ether oxygens (including phenoxy) is 1. The summed E-state index contributed by atoms with van der Waals surface area (Å²) in [5.74, 6) is 0.425. The lowest BCUT2D eigenvalue weighted by Crippen LogP contribution is -2.05. The van der Waals surface area contributed by atoms with Gasteiger partial charge >= 0.3 is 0 Å². The molecule has 0 aliphatic carbocycles. The van der Waals surface area contributed by atoms with Crippen molar-refractivity contribution in [3.05, 3.63) is 58.7 Å². The number of hydrogen-bond acceptors (Lipinski definition) is 6. The average Bonchev–Trinajstić information content (AvgIpc) is 2.56. The molecular formula is C15H12ClN3O3S. The molecule has 0 aliphatic heterocycles. The van der Waals surface area contributed by atoms with Crippen LogP contribution in [0.3, 0.4) is 0 Å². The Labute approximate surface area is 138 Å². The van der Waals surface area contributed by atoms with Crippen molar-refractivity contribution in [2.45, 2.75) is 4.90 Å². The van der Waals surface area contributed by atoms with Gasteiger partial charge in [-0.25, -0.2) is 13.4 Å². The second kappa shape index (κ2) is 7.13. The van der Waals surface area contributed by atoms with E-state index in [-0.39, 0.29) is 4.90 Å². The van der Waals surface area contributed by atoms with E-state index < -0.39 is 14.7 Å². The summed E-state index contributed by atoms with van der Waals surface area (Å²) >= 11 is 5.74. The Balaban J connectivity index is 2.27. The number of pyridine rings is 1. The number of hydrogen-bond donors (Lipinski definition) is 1. The molecule has 2 rings (SSSR count). The number of nitrogens with one attached hydrogen (secondary N) is 1. The van der Waals surface area contributed by atoms with Crippen molar-refractivity contribution in [1.29, 1.82) is 5.26 Å². The predicted molar refractivity (Wildman–Crippen MR) is 86.7 cm³/mol. The van der Waals surface area contributed by atoms with E-state index in [2.05, 4.69) is 10.3 Å². The van der Waals surface area contributed by atoms with Crippen molar-refractivity contribution < 1.29 is 13.2 Å². The Hall–Kier alpha value is -2.56. The first-order valence-electron chi connectivity index (χ1n) is 6.35. The molecule has 0 bridgehead atoms. The van der Waals surface area contributed by atoms with Crippen LogP contribution in [0.1, 0.15) is 0 Å². The van der Waals surface area contributed by atoms with Crippen LogP contribution in [0.2, 0.25) is 5.02 Å². The number of sulfone groups is 1. The molecule has 0 saturated heterocycles. The van der Waals surface area contributed by atoms with Gasteiger partial charge in [-0.2, -0.15) is 5.26 Å². The van der Waals surface area contributed by atoms with E-state index >= 15 is 0 Å². The highest BCUT2D eigenvalue weighted by molar-refractivity contribution is 7.95. The highest BCUT2D eigenvalue weighted by Gasteiger charge is 2.20. The summed E-state index contributed by atoms with van der Waals surface area (Å²) in [5, 5.41) is 12.3. The predicted octanol–water partition coefficient (Wildman–Crippen LogP) is 2.99. The molecule has 0 spiro atoms. The quantitative estimate of drug-likeness (QED) is 0.834. The fourth-order valence-corrected chi connectivity index (χ4v) is 2.85. The maximum absolute atomic E-state index is 12.4. The normalized spacial score (nSPS) is 11.6. The molecule has 23 heavy (non-hydrogen) atoms. The first-order chi connectivity index (χ1) is 11.0. The first kappa shape index (κ1) is 16.8. The molecule has 1 heterocycles. The van der Waals surface area contributed by atoms with Crippen molar-refractivity contribution in [3.63, 3.8) is 0 Å². The molecule has 8 heteroatoms. The number of allylic oxidation sites excluding steroid dienone is 1. The minimum absolute atomic E-state index is 0.00986. The maximum atomic E-state index is 12.4. The molecule has 0 amide bonds. The van der Waals surface area contributed by atoms with Crippen molar-refractivity contribution in [3.8, 4) is 11.9 Å². The van der Waals surface area contributed by atoms with Gasteiger partial charge in [-0.05, 0) is 30.3 Å². The standard InChI is InChI=1S/C15H12ClN3O3S/c1-22-15-7-4-12(9-19-15)18-10-14(8-17)23(20,21)13-5-2-11(16)3-6-13/h2-7,9-10,18H,1H3/b14-10+. The molecule has 0 saturated carbocycles. The number of benzene rings is 1. The fourth-order valence-electron chi connectivity index (χ4n) is 1.65. The van der Waals surface area contributed by atoms with Gasteiger partial charge in [0, 0.05) is 17.3 Å². The molecule has 118 valence electrons. The summed E-state index contributed by atoms with van der Waals surface area (Å²) in [6, 6.07) is 10.5. The minimum atomic E-state index is -3.92. The fraction of sp³-hybridized carbons (Fsp3) is 0.0667. The van der Waals surface area contributed by atoms with E-state index in [4.69, 9.17) is 21.6 Å². The van der Waals surface area contributed by atoms with Gasteiger partial charge in [0.05, 0.1) is 23.9 Å². The number of nitrogens with zero attached hydrogens (tertiary/aromatic N) is 2. The van der Waals surface area contributed by atoms with Crippen LogP contribution in [0.4, 0.5) is 5.69 Å². The number of aromatic nitrogens is 1. The van der Waals surface area contributed by atoms with Crippen molar-refractivity contribution >= 4 is 27.1 Å². The second-order valence-corrected chi connectivity index (χ2v) is 6.67. The molecule has 6 nitrogen and oxygen atoms in total. The zero-order valence-electron chi connectivity index (χ0n) is 12.0. The molecule has 0 fully saturated rings. The lowest BCUT2D eigenvalue weighted by molar-refractivity contribution is 0.398. The monoisotopic (exact) mass is 349 g/mol. The van der Waals surface area contributed by atoms with Crippen LogP contribution < -0.4 is 10.1 Å². The molecule has 0 unspecified atom stereocenters. The van der Waals surface area contributed by atoms with E-state index in [1.807, 2.05) is 0 Å². The molecule has 0 atom stereocenters. The van der Waals surface area contributed by atoms with Crippen LogP contribution in [0.5, 0.6) is 5.88 Å². The summed E-state index contributed by atoms with van der Waals surface area (Å²) < 4.78 is 29.7. The van der Waals surface area contributed by atoms with E-state index in [0.29, 0.717) is 16.6 Å². The molecule has 2 aromatic rings. The Bertz CT molecular complexity index is 854. The Kier molecular flexibility index (Phi) is 5.21. The van der Waals surface area contributed by atoms with Gasteiger partial charge in [0.2, 0.25) is 15.7 Å². The van der Waals surface area contributed by atoms with Crippen molar-refractivity contribution in [2.75, 3.05) is 12.4 Å². The van der Waals surface area contributed by atoms with Gasteiger partial charge < -0.3 is 10.1 Å². The van der Waals surface area contributed by atoms with Crippen molar-refractivity contribution in [2.24, 2.45) is 0 Å². The molecule has 1 aromatic heterocycles. The van der Waals surface area contributed by atoms with Gasteiger partial charge in [0.15, 0.2) is 4.91 Å². The topological polar surface area (TPSA) is 92.1 Å². The maximum Gasteiger partial charge on any atom is 0.218 e. The number of nitriles is 1. The van der Waals surface area contributed by atoms with E-state index in [0.717, 1.165) is 6.20 Å². The average molecular weight is 350 g/mol. The van der Waals surface area contributed by atoms with E-state index in [1.165, 1.54) is 37.6 Å². The Morgan fingerprint density at radius 3 is 2.52 bits per heavy atom. The SMILES string of the molecule is COc1ccc(N/C=C(\C#N)S(=O)(=O)c2ccc(Cl)cc2)cn1. The van der Waals surface area contributed by atoms with Crippen LogP contribution in [-0.2, 0) is 9.84 Å². The van der Waals surface area contributed by atoms with Gasteiger partial charge in [-0.3, -0.25) is 0 Å². The van der Waals surface area contributed by atoms with E-state index in [1.54, 1.807) is 18.2 Å². The third-order valence-electron chi connectivity index (χ3n) is 2.84. The van der Waals surface area contributed by atoms with Gasteiger partial charge in [-0.15, -0.1) is 0 Å². The van der Waals surface area contributed by atoms with E-state index in [9.17, 15) is 8.42 Å². The zero-order chi connectivity index (χ0) is 16.9. The van der Waals surface area contributed by atoms with Crippen LogP contribution in [0.15, 0.2) is 58.6 Å². The molecule has 0 radical (unpaired) electrons. The first-order valence-corrected chi connectivity index (χ1v) is 8.21. The molecular weight excluding hydrogens is 338 g/mol. The zero-order valence-corrected chi connectivity index (χ0v) is 13.6. The van der Waals surface area contributed by atoms with Crippen LogP contribution in [-0.4, -0.2) is 20.5 Å². The summed E-state index contributed by atoms with van der Waals surface area (Å²) in [6.07, 6.45) is 2.58. The summed E-state index contributed by atoms with van der Waals surface area (Å²) in [5.41, 5.74) is 0.518. The van der Waals surface area contributed by atoms with Crippen LogP contribution in [0, 0.1) is 11.3 Å². The Morgan fingerprint density at radius 1 is 1.30 bits per heavy atom. The highest BCUT2D eigenvalue weighted by atomic mass is 35.5. The summed E-state index contributed by atoms with van der Waals surface area (Å²) in [4.78, 5) is 3.54. The van der Waals surface area contributed by atoms with Crippen LogP contribution >= 0.6 is 11.6 Å². The largest absolute Gasteiger partial charge is 0.481 e. The molecule has 0 aliphatic rings. The van der Waals surface area contributed by atoms with Crippen LogP contribution in [0.25, 0.3) is 0 Å². The second-order valence-electron chi connectivity index (χ2n) is 4.31. The summed E-state index contributed by atoms with van der Waals surface area (Å²) in [7, 11) is -2.43. The molecule has 1 aromatic carbocycles. The number of anilines is 1. The smallest absolute Gasteiger partial charge is 0.218 e. The van der Waals surface area contributed by atoms with Gasteiger partial charge in [0.25, 0.3) is 0 Å². The summed E-state index contributed by atoms with van der Waals surface area (Å²) in [6.45, 7) is 0. The molecule has 1 N–H and O–H groups in total. The van der Waals surface area contributed by atoms with Crippen molar-refractivity contribution in [1.82, 2.24) is 4.98 Å². The lowest BCUT2D eigenvalue weighted by atomic mass is 10.4. The lowest BCUT2D eigenvalue weighted by Gasteiger charge is -2.05. The third-order valence-corrected chi connectivity index (χ3v) is 4.77. The van der Waals surface area contributed by atoms with Gasteiger partial charge in [0.1, 0.15) is 6.07 Å². The third kappa shape index (κ3) is 4.00. The number of methoxy groups -OCH3 is 1. The number of halogens is 1. The van der Waals surface area contributed by atoms with Gasteiger partial charge in [-0.1, -0.05) is 11.6 Å². The highest BCUT2D eigenvalue weighted by Crippen LogP contribution is 2.21. The minimum Gasteiger partial charge on any atom is -0.481 e. The Morgan fingerprint density at radius 2 is 2.00 bits per heavy atom.